The number of carboxylic acids is 3. The molecule has 178 valence electrons. The molecule has 28 heavy (non-hydrogen) atoms. The maximum absolute atomic E-state index is 10.3. The van der Waals surface area contributed by atoms with Gasteiger partial charge in [0.25, 0.3) is 0 Å². The topological polar surface area (TPSA) is 167 Å². The summed E-state index contributed by atoms with van der Waals surface area (Å²) in [6, 6.07) is 0. The van der Waals surface area contributed by atoms with Crippen molar-refractivity contribution in [2.24, 2.45) is 0 Å². The van der Waals surface area contributed by atoms with Gasteiger partial charge in [-0.2, -0.15) is 0 Å². The summed E-state index contributed by atoms with van der Waals surface area (Å²) in [5, 5.41) is 33.8. The molecular formula is C6H18AlCl9CrMoNNaNiO7. The molecule has 8 nitrogen and oxygen atoms in total. The molecule has 0 radical (unpaired) electrons. The van der Waals surface area contributed by atoms with Crippen LogP contribution in [-0.2, 0) is 56.3 Å². The molecular weight excluding hydrogens is 774 g/mol. The molecule has 0 aliphatic rings. The average Bonchev–Trinajstić information content (AvgIpc) is 2.12. The van der Waals surface area contributed by atoms with Crippen molar-refractivity contribution in [3.8, 4) is 0 Å². The second kappa shape index (κ2) is 35.8. The Labute approximate surface area is 258 Å². The fourth-order valence-corrected chi connectivity index (χ4v) is 0.714. The summed E-state index contributed by atoms with van der Waals surface area (Å²) >= 11 is -2.56. The fourth-order valence-electron chi connectivity index (χ4n) is 0.714. The fraction of sp³-hybridized carbons (Fsp3) is 0.500. The van der Waals surface area contributed by atoms with E-state index < -0.39 is 48.2 Å². The maximum Gasteiger partial charge on any atom is 1.00 e. The summed E-state index contributed by atoms with van der Waals surface area (Å²) in [5.41, 5.74) is -2.74. The Kier molecular flexibility index (Phi) is 81.2. The molecule has 0 saturated carbocycles. The van der Waals surface area contributed by atoms with Crippen molar-refractivity contribution in [1.82, 2.24) is 6.15 Å². The molecule has 0 rings (SSSR count). The van der Waals surface area contributed by atoms with E-state index in [9.17, 15) is 14.4 Å². The summed E-state index contributed by atoms with van der Waals surface area (Å²) in [5.74, 6) is -5.02. The third-order valence-corrected chi connectivity index (χ3v) is 1.29. The first-order valence-corrected chi connectivity index (χ1v) is 17.1. The van der Waals surface area contributed by atoms with Gasteiger partial charge in [0.2, 0.25) is 0 Å². The molecule has 0 spiro atoms. The van der Waals surface area contributed by atoms with E-state index in [1.165, 1.54) is 0 Å². The van der Waals surface area contributed by atoms with Gasteiger partial charge in [-0.25, -0.2) is 4.79 Å². The standard InChI is InChI=1S/C6H8O7.Al.9ClH.Cr.Mo.H3N.Na.Ni.4H/c7-3(8)1-6(13,5(11)12)2-4(9)10;;;;;;;;;;;;;;;;;;;/h13H,1-2H2,(H,7,8)(H,9,10)(H,11,12);;9*1H;;;1H3;;;;;;/q;;;;;;;;;;;;+4;;+1;+2;;;;-1/p-6. The Hall–Kier alpha value is 4.19. The first-order valence-electron chi connectivity index (χ1n) is 4.03. The maximum atomic E-state index is 10.3. The van der Waals surface area contributed by atoms with Crippen molar-refractivity contribution in [3.63, 3.8) is 0 Å². The Balaban J connectivity index is -0.0000000199. The normalized spacial score (nSPS) is 8.54. The van der Waals surface area contributed by atoms with Crippen molar-refractivity contribution >= 4 is 131 Å². The average molecular weight is 792 g/mol. The quantitative estimate of drug-likeness (QED) is 0.247. The SMILES string of the molecule is Cl.Cl.Cl.N.O=C(O)CC(O)(CC(=O)O)C(=O)O.[AlH3].[Cl][Mo]([Cl])([Cl])[Cl].[Cl][Ni][Cl].[Cr].[H-].[Na+]. The van der Waals surface area contributed by atoms with Crippen LogP contribution in [-0.4, -0.2) is 61.3 Å². The third kappa shape index (κ3) is 63.1. The second-order valence-electron chi connectivity index (χ2n) is 2.87. The molecule has 22 heteroatoms. The number of aliphatic carboxylic acids is 3. The number of halogens is 9. The van der Waals surface area contributed by atoms with Gasteiger partial charge in [0, 0.05) is 17.4 Å². The smallest absolute Gasteiger partial charge is 1.00 e. The zero-order valence-electron chi connectivity index (χ0n) is 13.8. The number of rotatable bonds is 5. The summed E-state index contributed by atoms with van der Waals surface area (Å²) in [4.78, 5) is 30.5. The van der Waals surface area contributed by atoms with E-state index in [2.05, 4.69) is 0 Å². The number of carboxylic acid groups (broad SMARTS) is 3. The zero-order valence-corrected chi connectivity index (χ0v) is 26.0. The van der Waals surface area contributed by atoms with Crippen molar-refractivity contribution in [2.75, 3.05) is 0 Å². The van der Waals surface area contributed by atoms with Crippen LogP contribution >= 0.6 is 95.3 Å². The first kappa shape index (κ1) is 63.6. The summed E-state index contributed by atoms with van der Waals surface area (Å²) < 4.78 is 0. The molecule has 7 N–H and O–H groups in total. The molecule has 0 aromatic heterocycles. The third-order valence-electron chi connectivity index (χ3n) is 1.29. The molecule has 0 fully saturated rings. The minimum atomic E-state index is -3.13. The Bertz CT molecular complexity index is 365. The van der Waals surface area contributed by atoms with Crippen LogP contribution < -0.4 is 35.7 Å². The summed E-state index contributed by atoms with van der Waals surface area (Å²) in [6.45, 7) is 0. The molecule has 0 aromatic rings. The van der Waals surface area contributed by atoms with Crippen molar-refractivity contribution < 1.29 is 108 Å². The second-order valence-corrected chi connectivity index (χ2v) is 22.8. The number of carbonyl (C=O) groups is 3. The van der Waals surface area contributed by atoms with E-state index in [1.54, 1.807) is 0 Å². The predicted octanol–water partition coefficient (Wildman–Crippen LogP) is 0.241. The van der Waals surface area contributed by atoms with E-state index in [0.29, 0.717) is 12.7 Å². The number of aliphatic hydroxyl groups is 1. The van der Waals surface area contributed by atoms with Gasteiger partial charge in [0.15, 0.2) is 23.0 Å². The van der Waals surface area contributed by atoms with E-state index >= 15 is 0 Å². The molecule has 0 unspecified atom stereocenters. The van der Waals surface area contributed by atoms with Crippen LogP contribution in [0.2, 0.25) is 0 Å². The van der Waals surface area contributed by atoms with Gasteiger partial charge in [-0.05, 0) is 0 Å². The predicted molar refractivity (Wildman–Crippen MR) is 110 cm³/mol. The molecule has 0 aliphatic carbocycles. The van der Waals surface area contributed by atoms with Crippen molar-refractivity contribution in [3.05, 3.63) is 0 Å². The van der Waals surface area contributed by atoms with Crippen molar-refractivity contribution in [2.45, 2.75) is 18.4 Å². The molecule has 0 saturated heterocycles. The Morgan fingerprint density at radius 2 is 1.04 bits per heavy atom. The van der Waals surface area contributed by atoms with Gasteiger partial charge >= 0.3 is 130 Å². The van der Waals surface area contributed by atoms with Gasteiger partial charge in [-0.3, -0.25) is 9.59 Å². The number of hydrogen-bond donors (Lipinski definition) is 5. The minimum Gasteiger partial charge on any atom is -1.00 e. The van der Waals surface area contributed by atoms with Crippen LogP contribution in [0.25, 0.3) is 0 Å². The minimum absolute atomic E-state index is 0. The molecule has 0 amide bonds. The van der Waals surface area contributed by atoms with Crippen LogP contribution in [0.1, 0.15) is 14.3 Å². The van der Waals surface area contributed by atoms with Crippen LogP contribution in [0.5, 0.6) is 0 Å². The molecule has 0 aromatic carbocycles. The van der Waals surface area contributed by atoms with Gasteiger partial charge < -0.3 is 28.0 Å². The zero-order chi connectivity index (χ0) is 17.9. The van der Waals surface area contributed by atoms with E-state index in [0.717, 1.165) is 0 Å². The Morgan fingerprint density at radius 3 is 1.11 bits per heavy atom. The Morgan fingerprint density at radius 1 is 0.893 bits per heavy atom. The van der Waals surface area contributed by atoms with Crippen LogP contribution in [0.4, 0.5) is 0 Å². The van der Waals surface area contributed by atoms with Crippen LogP contribution in [0, 0.1) is 0 Å². The van der Waals surface area contributed by atoms with E-state index in [4.69, 9.17) is 78.5 Å². The van der Waals surface area contributed by atoms with Gasteiger partial charge in [0.05, 0.1) is 12.8 Å². The molecule has 0 aliphatic heterocycles. The van der Waals surface area contributed by atoms with E-state index in [-0.39, 0.29) is 109 Å². The van der Waals surface area contributed by atoms with Gasteiger partial charge in [-0.15, -0.1) is 37.2 Å². The summed E-state index contributed by atoms with van der Waals surface area (Å²) in [6.07, 6.45) is -2.29. The molecule has 0 heterocycles. The van der Waals surface area contributed by atoms with Crippen LogP contribution in [0.3, 0.4) is 0 Å². The van der Waals surface area contributed by atoms with Crippen molar-refractivity contribution in [1.29, 1.82) is 0 Å². The van der Waals surface area contributed by atoms with E-state index in [1.807, 2.05) is 0 Å². The number of hydrogen-bond acceptors (Lipinski definition) is 5. The molecule has 0 atom stereocenters. The summed E-state index contributed by atoms with van der Waals surface area (Å²) in [7, 11) is 29.5. The monoisotopic (exact) mass is 789 g/mol. The van der Waals surface area contributed by atoms with Gasteiger partial charge in [0.1, 0.15) is 0 Å². The van der Waals surface area contributed by atoms with Gasteiger partial charge in [-0.1, -0.05) is 0 Å². The van der Waals surface area contributed by atoms with Crippen LogP contribution in [0.15, 0.2) is 0 Å². The molecule has 0 bridgehead atoms. The first-order chi connectivity index (χ1) is 9.19. The largest absolute Gasteiger partial charge is 1.00 e.